The molecule has 7 nitrogen and oxygen atoms in total. The van der Waals surface area contributed by atoms with Gasteiger partial charge in [-0.3, -0.25) is 4.79 Å². The van der Waals surface area contributed by atoms with Gasteiger partial charge in [0, 0.05) is 42.4 Å². The first-order valence-corrected chi connectivity index (χ1v) is 13.6. The smallest absolute Gasteiger partial charge is 0.254 e. The first-order valence-electron chi connectivity index (χ1n) is 13.6. The van der Waals surface area contributed by atoms with E-state index in [0.29, 0.717) is 30.0 Å². The van der Waals surface area contributed by atoms with Gasteiger partial charge < -0.3 is 15.3 Å². The van der Waals surface area contributed by atoms with E-state index in [1.807, 2.05) is 77.7 Å². The van der Waals surface area contributed by atoms with Gasteiger partial charge in [0.15, 0.2) is 5.65 Å². The van der Waals surface area contributed by atoms with E-state index >= 15 is 0 Å². The van der Waals surface area contributed by atoms with E-state index in [1.54, 1.807) is 28.9 Å². The van der Waals surface area contributed by atoms with Crippen molar-refractivity contribution in [1.82, 2.24) is 19.5 Å². The van der Waals surface area contributed by atoms with Gasteiger partial charge in [-0.05, 0) is 48.1 Å². The van der Waals surface area contributed by atoms with Gasteiger partial charge in [0.1, 0.15) is 11.6 Å². The second-order valence-electron chi connectivity index (χ2n) is 10.1. The average molecular weight is 530 g/mol. The third-order valence-electron chi connectivity index (χ3n) is 7.52. The highest BCUT2D eigenvalue weighted by Crippen LogP contribution is 2.31. The van der Waals surface area contributed by atoms with Gasteiger partial charge in [-0.25, -0.2) is 4.98 Å². The van der Waals surface area contributed by atoms with Crippen LogP contribution in [0.1, 0.15) is 28.8 Å². The van der Waals surface area contributed by atoms with Gasteiger partial charge in [0.05, 0.1) is 11.9 Å². The van der Waals surface area contributed by atoms with Crippen LogP contribution in [-0.4, -0.2) is 50.1 Å². The molecule has 1 aliphatic rings. The van der Waals surface area contributed by atoms with Crippen molar-refractivity contribution in [2.75, 3.05) is 25.0 Å². The zero-order valence-corrected chi connectivity index (χ0v) is 22.2. The molecule has 2 aromatic heterocycles. The molecule has 3 heterocycles. The highest BCUT2D eigenvalue weighted by atomic mass is 16.3. The van der Waals surface area contributed by atoms with Crippen LogP contribution in [0.4, 0.5) is 5.82 Å². The fourth-order valence-electron chi connectivity index (χ4n) is 5.45. The number of benzene rings is 3. The Bertz CT molecular complexity index is 1680. The lowest BCUT2D eigenvalue weighted by atomic mass is 9.95. The van der Waals surface area contributed by atoms with E-state index in [1.165, 1.54) is 0 Å². The van der Waals surface area contributed by atoms with Crippen molar-refractivity contribution < 1.29 is 9.90 Å². The number of carbonyl (C=O) groups excluding carboxylic acids is 1. The molecule has 1 unspecified atom stereocenters. The monoisotopic (exact) mass is 529 g/mol. The molecule has 40 heavy (non-hydrogen) atoms. The number of hydrogen-bond donors (Lipinski definition) is 2. The van der Waals surface area contributed by atoms with E-state index in [-0.39, 0.29) is 17.6 Å². The summed E-state index contributed by atoms with van der Waals surface area (Å²) in [4.78, 5) is 20.5. The Morgan fingerprint density at radius 1 is 1.02 bits per heavy atom. The molecule has 1 amide bonds. The molecule has 7 heteroatoms. The van der Waals surface area contributed by atoms with Crippen LogP contribution in [-0.2, 0) is 0 Å². The lowest BCUT2D eigenvalue weighted by Crippen LogP contribution is -2.42. The van der Waals surface area contributed by atoms with Crippen LogP contribution in [0.5, 0.6) is 5.75 Å². The average Bonchev–Trinajstić information content (AvgIpc) is 3.43. The van der Waals surface area contributed by atoms with E-state index in [2.05, 4.69) is 17.0 Å². The normalized spacial score (nSPS) is 15.2. The van der Waals surface area contributed by atoms with Gasteiger partial charge >= 0.3 is 0 Å². The molecule has 0 radical (unpaired) electrons. The van der Waals surface area contributed by atoms with E-state index in [9.17, 15) is 9.90 Å². The Balaban J connectivity index is 1.23. The van der Waals surface area contributed by atoms with Crippen LogP contribution in [0, 0.1) is 5.92 Å². The molecule has 6 rings (SSSR count). The largest absolute Gasteiger partial charge is 0.507 e. The van der Waals surface area contributed by atoms with Gasteiger partial charge in [-0.1, -0.05) is 73.3 Å². The molecule has 5 aromatic rings. The molecule has 0 saturated carbocycles. The van der Waals surface area contributed by atoms with Crippen molar-refractivity contribution in [3.63, 3.8) is 0 Å². The lowest BCUT2D eigenvalue weighted by molar-refractivity contribution is 0.0681. The lowest BCUT2D eigenvalue weighted by Gasteiger charge is -2.33. The number of anilines is 1. The molecule has 3 aromatic carbocycles. The number of aromatic nitrogens is 3. The minimum atomic E-state index is 0.0694. The highest BCUT2D eigenvalue weighted by Gasteiger charge is 2.26. The number of hydrogen-bond acceptors (Lipinski definition) is 5. The van der Waals surface area contributed by atoms with Gasteiger partial charge in [0.25, 0.3) is 5.91 Å². The number of phenolic OH excluding ortho intramolecular Hbond substituents is 1. The Labute approximate surface area is 233 Å². The van der Waals surface area contributed by atoms with Crippen molar-refractivity contribution in [1.29, 1.82) is 0 Å². The van der Waals surface area contributed by atoms with E-state index < -0.39 is 0 Å². The van der Waals surface area contributed by atoms with Crippen molar-refractivity contribution in [2.24, 2.45) is 5.92 Å². The fraction of sp³-hybridized carbons (Fsp3) is 0.182. The Morgan fingerprint density at radius 3 is 2.58 bits per heavy atom. The second-order valence-corrected chi connectivity index (χ2v) is 10.1. The van der Waals surface area contributed by atoms with Gasteiger partial charge in [-0.15, -0.1) is 0 Å². The Kier molecular flexibility index (Phi) is 7.02. The zero-order valence-electron chi connectivity index (χ0n) is 22.2. The quantitative estimate of drug-likeness (QED) is 0.256. The number of nitrogens with one attached hydrogen (secondary N) is 1. The summed E-state index contributed by atoms with van der Waals surface area (Å²) in [5.41, 5.74) is 5.51. The summed E-state index contributed by atoms with van der Waals surface area (Å²) in [6, 6.07) is 27.0. The maximum atomic E-state index is 13.7. The van der Waals surface area contributed by atoms with Crippen LogP contribution in [0.3, 0.4) is 0 Å². The standard InChI is InChI=1S/C33H31N5O2/c1-2-24-21-35-38-31(19-29(36-32(24)38)28-16-8-9-17-30(28)39)34-20-23-11-10-18-37(22-23)33(40)27-15-7-6-14-26(27)25-12-4-3-5-13-25/h2-9,12-17,19,21,23,34,39H,1,10-11,18,20,22H2. The highest BCUT2D eigenvalue weighted by molar-refractivity contribution is 6.01. The summed E-state index contributed by atoms with van der Waals surface area (Å²) in [6.07, 6.45) is 5.43. The summed E-state index contributed by atoms with van der Waals surface area (Å²) < 4.78 is 1.77. The van der Waals surface area contributed by atoms with E-state index in [0.717, 1.165) is 47.5 Å². The molecular formula is C33H31N5O2. The minimum absolute atomic E-state index is 0.0694. The van der Waals surface area contributed by atoms with Crippen LogP contribution in [0.25, 0.3) is 34.1 Å². The number of rotatable bonds is 7. The number of para-hydroxylation sites is 1. The Morgan fingerprint density at radius 2 is 1.77 bits per heavy atom. The van der Waals surface area contributed by atoms with E-state index in [4.69, 9.17) is 4.98 Å². The number of carbonyl (C=O) groups is 1. The van der Waals surface area contributed by atoms with Gasteiger partial charge in [-0.2, -0.15) is 9.61 Å². The predicted molar refractivity (Wildman–Crippen MR) is 159 cm³/mol. The van der Waals surface area contributed by atoms with Crippen LogP contribution >= 0.6 is 0 Å². The fourth-order valence-corrected chi connectivity index (χ4v) is 5.45. The second kappa shape index (κ2) is 11.1. The molecular weight excluding hydrogens is 498 g/mol. The van der Waals surface area contributed by atoms with Crippen molar-refractivity contribution in [3.05, 3.63) is 109 Å². The molecule has 2 N–H and O–H groups in total. The Hall–Kier alpha value is -4.91. The van der Waals surface area contributed by atoms with Crippen LogP contribution in [0.15, 0.2) is 97.7 Å². The topological polar surface area (TPSA) is 82.8 Å². The molecule has 0 aliphatic carbocycles. The van der Waals surface area contributed by atoms with Crippen molar-refractivity contribution >= 4 is 23.4 Å². The summed E-state index contributed by atoms with van der Waals surface area (Å²) in [5.74, 6) is 1.28. The molecule has 1 saturated heterocycles. The number of nitrogens with zero attached hydrogens (tertiary/aromatic N) is 4. The van der Waals surface area contributed by atoms with Crippen molar-refractivity contribution in [2.45, 2.75) is 12.8 Å². The molecule has 1 fully saturated rings. The molecule has 1 atom stereocenters. The van der Waals surface area contributed by atoms with Crippen LogP contribution < -0.4 is 5.32 Å². The van der Waals surface area contributed by atoms with Gasteiger partial charge in [0.2, 0.25) is 0 Å². The number of fused-ring (bicyclic) bond motifs is 1. The molecule has 0 bridgehead atoms. The maximum absolute atomic E-state index is 13.7. The van der Waals surface area contributed by atoms with Crippen LogP contribution in [0.2, 0.25) is 0 Å². The van der Waals surface area contributed by atoms with Crippen molar-refractivity contribution in [3.8, 4) is 28.1 Å². The molecule has 200 valence electrons. The minimum Gasteiger partial charge on any atom is -0.507 e. The zero-order chi connectivity index (χ0) is 27.5. The third-order valence-corrected chi connectivity index (χ3v) is 7.52. The summed E-state index contributed by atoms with van der Waals surface area (Å²) in [5, 5.41) is 18.6. The third kappa shape index (κ3) is 4.94. The number of aromatic hydroxyl groups is 1. The summed E-state index contributed by atoms with van der Waals surface area (Å²) in [7, 11) is 0. The number of amides is 1. The summed E-state index contributed by atoms with van der Waals surface area (Å²) in [6.45, 7) is 5.99. The maximum Gasteiger partial charge on any atom is 0.254 e. The number of phenols is 1. The SMILES string of the molecule is C=Cc1cnn2c(NCC3CCCN(C(=O)c4ccccc4-c4ccccc4)C3)cc(-c3ccccc3O)nc12. The molecule has 1 aliphatic heterocycles. The first-order chi connectivity index (χ1) is 19.6. The summed E-state index contributed by atoms with van der Waals surface area (Å²) >= 11 is 0. The first kappa shape index (κ1) is 25.4. The predicted octanol–water partition coefficient (Wildman–Crippen LogP) is 6.38. The number of likely N-dealkylation sites (tertiary alicyclic amines) is 1. The molecule has 0 spiro atoms. The number of piperidine rings is 1.